The third-order valence-corrected chi connectivity index (χ3v) is 5.27. The number of carbonyl (C=O) groups excluding carboxylic acids is 1. The van der Waals surface area contributed by atoms with Crippen LogP contribution in [0.4, 0.5) is 0 Å². The number of benzene rings is 2. The van der Waals surface area contributed by atoms with Crippen LogP contribution >= 0.6 is 11.3 Å². The highest BCUT2D eigenvalue weighted by Gasteiger charge is 2.11. The van der Waals surface area contributed by atoms with Crippen LogP contribution in [0.1, 0.15) is 22.2 Å². The summed E-state index contributed by atoms with van der Waals surface area (Å²) < 4.78 is 1.14. The van der Waals surface area contributed by atoms with E-state index in [-0.39, 0.29) is 11.5 Å². The van der Waals surface area contributed by atoms with Crippen LogP contribution in [0.3, 0.4) is 0 Å². The summed E-state index contributed by atoms with van der Waals surface area (Å²) in [6, 6.07) is 15.1. The summed E-state index contributed by atoms with van der Waals surface area (Å²) in [4.78, 5) is 31.1. The number of fused-ring (bicyclic) bond motifs is 2. The highest BCUT2D eigenvalue weighted by Crippen LogP contribution is 2.21. The molecule has 6 heteroatoms. The minimum absolute atomic E-state index is 0.268. The SMILES string of the molecule is CCc1cc2c(=O)n(NC(=O)c3ccc4ccccc4c3)cnc2s1. The molecule has 0 atom stereocenters. The summed E-state index contributed by atoms with van der Waals surface area (Å²) in [6.07, 6.45) is 2.21. The second-order valence-electron chi connectivity index (χ2n) is 5.71. The second-order valence-corrected chi connectivity index (χ2v) is 6.82. The van der Waals surface area contributed by atoms with Gasteiger partial charge in [-0.3, -0.25) is 15.0 Å². The highest BCUT2D eigenvalue weighted by atomic mass is 32.1. The van der Waals surface area contributed by atoms with Crippen LogP contribution in [-0.4, -0.2) is 15.6 Å². The van der Waals surface area contributed by atoms with Crippen molar-refractivity contribution < 1.29 is 4.79 Å². The summed E-state index contributed by atoms with van der Waals surface area (Å²) >= 11 is 1.50. The van der Waals surface area contributed by atoms with Gasteiger partial charge in [0.1, 0.15) is 11.2 Å². The van der Waals surface area contributed by atoms with Gasteiger partial charge in [-0.25, -0.2) is 9.66 Å². The fourth-order valence-electron chi connectivity index (χ4n) is 2.73. The Kier molecular flexibility index (Phi) is 3.82. The molecule has 4 rings (SSSR count). The number of rotatable bonds is 3. The van der Waals surface area contributed by atoms with Crippen LogP contribution in [-0.2, 0) is 6.42 Å². The first kappa shape index (κ1) is 15.5. The van der Waals surface area contributed by atoms with E-state index < -0.39 is 0 Å². The molecule has 0 fully saturated rings. The first-order valence-corrected chi connectivity index (χ1v) is 8.77. The van der Waals surface area contributed by atoms with E-state index in [1.807, 2.05) is 43.3 Å². The number of nitrogens with one attached hydrogen (secondary N) is 1. The summed E-state index contributed by atoms with van der Waals surface area (Å²) in [6.45, 7) is 2.03. The molecule has 0 aliphatic carbocycles. The summed E-state index contributed by atoms with van der Waals surface area (Å²) in [5, 5.41) is 2.56. The minimum Gasteiger partial charge on any atom is -0.267 e. The third-order valence-electron chi connectivity index (χ3n) is 4.09. The van der Waals surface area contributed by atoms with Gasteiger partial charge in [0, 0.05) is 10.4 Å². The standard InChI is InChI=1S/C19H15N3O2S/c1-2-15-10-16-18(25-15)20-11-22(19(16)24)21-17(23)14-8-7-12-5-3-4-6-13(12)9-14/h3-11H,2H2,1H3,(H,21,23). The quantitative estimate of drug-likeness (QED) is 0.615. The first-order valence-electron chi connectivity index (χ1n) is 7.96. The van der Waals surface area contributed by atoms with E-state index >= 15 is 0 Å². The zero-order valence-corrected chi connectivity index (χ0v) is 14.3. The molecule has 2 aromatic carbocycles. The molecule has 1 amide bonds. The highest BCUT2D eigenvalue weighted by molar-refractivity contribution is 7.18. The van der Waals surface area contributed by atoms with Crippen molar-refractivity contribution >= 4 is 38.2 Å². The molecule has 0 radical (unpaired) electrons. The number of amides is 1. The van der Waals surface area contributed by atoms with Crippen molar-refractivity contribution in [2.24, 2.45) is 0 Å². The second kappa shape index (κ2) is 6.14. The number of aromatic nitrogens is 2. The van der Waals surface area contributed by atoms with Crippen LogP contribution in [0.15, 0.2) is 59.7 Å². The van der Waals surface area contributed by atoms with Gasteiger partial charge in [0.05, 0.1) is 5.39 Å². The van der Waals surface area contributed by atoms with Crippen molar-refractivity contribution in [1.82, 2.24) is 9.66 Å². The molecule has 0 saturated heterocycles. The van der Waals surface area contributed by atoms with Gasteiger partial charge in [0.2, 0.25) is 0 Å². The lowest BCUT2D eigenvalue weighted by Gasteiger charge is -2.08. The van der Waals surface area contributed by atoms with Gasteiger partial charge in [-0.1, -0.05) is 37.3 Å². The van der Waals surface area contributed by atoms with Crippen LogP contribution in [0.2, 0.25) is 0 Å². The van der Waals surface area contributed by atoms with Gasteiger partial charge >= 0.3 is 0 Å². The molecule has 1 N–H and O–H groups in total. The number of aryl methyl sites for hydroxylation is 1. The first-order chi connectivity index (χ1) is 12.2. The number of carbonyl (C=O) groups is 1. The molecule has 0 saturated carbocycles. The molecule has 124 valence electrons. The molecule has 0 aliphatic rings. The van der Waals surface area contributed by atoms with Crippen molar-refractivity contribution in [1.29, 1.82) is 0 Å². The van der Waals surface area contributed by atoms with Gasteiger partial charge in [-0.2, -0.15) is 0 Å². The largest absolute Gasteiger partial charge is 0.280 e. The Balaban J connectivity index is 1.68. The van der Waals surface area contributed by atoms with Crippen LogP contribution in [0.5, 0.6) is 0 Å². The molecule has 0 aliphatic heterocycles. The molecule has 0 spiro atoms. The summed E-state index contributed by atoms with van der Waals surface area (Å²) in [5.41, 5.74) is 2.84. The predicted molar refractivity (Wildman–Crippen MR) is 101 cm³/mol. The molecule has 2 aromatic heterocycles. The Labute approximate surface area is 147 Å². The van der Waals surface area contributed by atoms with Gasteiger partial charge in [0.15, 0.2) is 0 Å². The fourth-order valence-corrected chi connectivity index (χ4v) is 3.66. The van der Waals surface area contributed by atoms with E-state index in [0.717, 1.165) is 26.7 Å². The van der Waals surface area contributed by atoms with Crippen molar-refractivity contribution in [3.05, 3.63) is 75.7 Å². The average molecular weight is 349 g/mol. The van der Waals surface area contributed by atoms with Gasteiger partial charge in [-0.15, -0.1) is 11.3 Å². The molecule has 4 aromatic rings. The number of thiophene rings is 1. The lowest BCUT2D eigenvalue weighted by molar-refractivity contribution is 0.101. The topological polar surface area (TPSA) is 64.0 Å². The Morgan fingerprint density at radius 3 is 2.76 bits per heavy atom. The average Bonchev–Trinajstić information content (AvgIpc) is 3.08. The molecule has 0 unspecified atom stereocenters. The lowest BCUT2D eigenvalue weighted by Crippen LogP contribution is -2.32. The Morgan fingerprint density at radius 1 is 1.16 bits per heavy atom. The molecule has 5 nitrogen and oxygen atoms in total. The Hall–Kier alpha value is -2.99. The number of nitrogens with zero attached hydrogens (tertiary/aromatic N) is 2. The minimum atomic E-state index is -0.347. The van der Waals surface area contributed by atoms with Gasteiger partial charge < -0.3 is 0 Å². The summed E-state index contributed by atoms with van der Waals surface area (Å²) in [7, 11) is 0. The van der Waals surface area contributed by atoms with Crippen LogP contribution < -0.4 is 11.0 Å². The summed E-state index contributed by atoms with van der Waals surface area (Å²) in [5.74, 6) is -0.347. The van der Waals surface area contributed by atoms with Crippen molar-refractivity contribution in [3.63, 3.8) is 0 Å². The monoisotopic (exact) mass is 349 g/mol. The van der Waals surface area contributed by atoms with E-state index in [2.05, 4.69) is 10.4 Å². The van der Waals surface area contributed by atoms with E-state index in [4.69, 9.17) is 0 Å². The smallest absolute Gasteiger partial charge is 0.267 e. The van der Waals surface area contributed by atoms with Crippen molar-refractivity contribution in [2.45, 2.75) is 13.3 Å². The maximum absolute atomic E-state index is 12.6. The Morgan fingerprint density at radius 2 is 1.96 bits per heavy atom. The van der Waals surface area contributed by atoms with E-state index in [1.54, 1.807) is 12.1 Å². The molecule has 25 heavy (non-hydrogen) atoms. The van der Waals surface area contributed by atoms with Gasteiger partial charge in [0.25, 0.3) is 11.5 Å². The van der Waals surface area contributed by atoms with E-state index in [9.17, 15) is 9.59 Å². The van der Waals surface area contributed by atoms with E-state index in [0.29, 0.717) is 15.8 Å². The van der Waals surface area contributed by atoms with Crippen molar-refractivity contribution in [3.8, 4) is 0 Å². The lowest BCUT2D eigenvalue weighted by atomic mass is 10.1. The fraction of sp³-hybridized carbons (Fsp3) is 0.105. The molecule has 2 heterocycles. The predicted octanol–water partition coefficient (Wildman–Crippen LogP) is 3.56. The maximum Gasteiger partial charge on any atom is 0.280 e. The normalized spacial score (nSPS) is 11.1. The van der Waals surface area contributed by atoms with Crippen molar-refractivity contribution in [2.75, 3.05) is 5.43 Å². The molecular weight excluding hydrogens is 334 g/mol. The van der Waals surface area contributed by atoms with E-state index in [1.165, 1.54) is 17.7 Å². The number of hydrogen-bond acceptors (Lipinski definition) is 4. The maximum atomic E-state index is 12.6. The molecule has 0 bridgehead atoms. The van der Waals surface area contributed by atoms with Crippen LogP contribution in [0.25, 0.3) is 21.0 Å². The number of hydrogen-bond donors (Lipinski definition) is 1. The van der Waals surface area contributed by atoms with Crippen LogP contribution in [0, 0.1) is 0 Å². The Bertz CT molecular complexity index is 1160. The zero-order valence-electron chi connectivity index (χ0n) is 13.5. The van der Waals surface area contributed by atoms with Gasteiger partial charge in [-0.05, 0) is 35.4 Å². The zero-order chi connectivity index (χ0) is 17.4. The molecular formula is C19H15N3O2S. The third kappa shape index (κ3) is 2.81.